The molecule has 0 bridgehead atoms. The molecule has 3 rings (SSSR count). The van der Waals surface area contributed by atoms with Crippen molar-refractivity contribution in [2.75, 3.05) is 17.1 Å². The van der Waals surface area contributed by atoms with Gasteiger partial charge >= 0.3 is 0 Å². The van der Waals surface area contributed by atoms with Crippen LogP contribution in [-0.4, -0.2) is 49.5 Å². The van der Waals surface area contributed by atoms with Crippen LogP contribution in [0.1, 0.15) is 31.9 Å². The van der Waals surface area contributed by atoms with E-state index in [1.807, 2.05) is 51.1 Å². The number of benzene rings is 3. The monoisotopic (exact) mass is 607 g/mol. The van der Waals surface area contributed by atoms with E-state index in [2.05, 4.69) is 5.32 Å². The van der Waals surface area contributed by atoms with E-state index in [4.69, 9.17) is 23.2 Å². The number of amides is 2. The van der Waals surface area contributed by atoms with E-state index >= 15 is 0 Å². The first-order chi connectivity index (χ1) is 18.6. The lowest BCUT2D eigenvalue weighted by atomic mass is 10.0. The van der Waals surface area contributed by atoms with Crippen molar-refractivity contribution in [1.82, 2.24) is 10.2 Å². The number of nitrogens with one attached hydrogen (secondary N) is 1. The molecule has 0 unspecified atom stereocenters. The van der Waals surface area contributed by atoms with Gasteiger partial charge < -0.3 is 10.2 Å². The standard InChI is InChI=1S/C29H32Cl2FN3O4S/c1-29(2,3)33-28(37)26(15-20-9-6-5-7-10-20)34(18-21-13-14-22(30)16-25(21)31)27(36)19-35(40(4,38)39)24-12-8-11-23(32)17-24/h5-14,16-17,26H,15,18-19H2,1-4H3,(H,33,37)/t26-/m1/s1. The van der Waals surface area contributed by atoms with Crippen molar-refractivity contribution < 1.29 is 22.4 Å². The third-order valence-corrected chi connectivity index (χ3v) is 7.63. The lowest BCUT2D eigenvalue weighted by Crippen LogP contribution is -2.56. The van der Waals surface area contributed by atoms with E-state index in [9.17, 15) is 22.4 Å². The van der Waals surface area contributed by atoms with Gasteiger partial charge in [0.1, 0.15) is 18.4 Å². The number of halogens is 3. The van der Waals surface area contributed by atoms with E-state index < -0.39 is 45.8 Å². The Kier molecular flexibility index (Phi) is 10.2. The van der Waals surface area contributed by atoms with Crippen LogP contribution in [0.15, 0.2) is 72.8 Å². The molecule has 3 aromatic rings. The summed E-state index contributed by atoms with van der Waals surface area (Å²) in [5, 5.41) is 3.62. The second kappa shape index (κ2) is 13.0. The van der Waals surface area contributed by atoms with Gasteiger partial charge in [0.15, 0.2) is 0 Å². The van der Waals surface area contributed by atoms with Gasteiger partial charge in [-0.3, -0.25) is 13.9 Å². The summed E-state index contributed by atoms with van der Waals surface area (Å²) in [6.07, 6.45) is 1.08. The second-order valence-corrected chi connectivity index (χ2v) is 13.2. The van der Waals surface area contributed by atoms with Gasteiger partial charge in [-0.1, -0.05) is 65.7 Å². The highest BCUT2D eigenvalue weighted by molar-refractivity contribution is 7.92. The summed E-state index contributed by atoms with van der Waals surface area (Å²) in [5.74, 6) is -1.76. The highest BCUT2D eigenvalue weighted by Gasteiger charge is 2.34. The van der Waals surface area contributed by atoms with Crippen molar-refractivity contribution >= 4 is 50.7 Å². The van der Waals surface area contributed by atoms with Crippen LogP contribution < -0.4 is 9.62 Å². The second-order valence-electron chi connectivity index (χ2n) is 10.5. The predicted octanol–water partition coefficient (Wildman–Crippen LogP) is 5.45. The molecule has 1 N–H and O–H groups in total. The van der Waals surface area contributed by atoms with Gasteiger partial charge in [0, 0.05) is 28.5 Å². The fourth-order valence-electron chi connectivity index (χ4n) is 4.09. The fourth-order valence-corrected chi connectivity index (χ4v) is 5.39. The SMILES string of the molecule is CC(C)(C)NC(=O)[C@@H](Cc1ccccc1)N(Cc1ccc(Cl)cc1Cl)C(=O)CN(c1cccc(F)c1)S(C)(=O)=O. The Morgan fingerprint density at radius 2 is 1.65 bits per heavy atom. The minimum atomic E-state index is -4.01. The molecular formula is C29H32Cl2FN3O4S. The molecule has 7 nitrogen and oxygen atoms in total. The van der Waals surface area contributed by atoms with Crippen molar-refractivity contribution in [3.63, 3.8) is 0 Å². The maximum atomic E-state index is 14.0. The van der Waals surface area contributed by atoms with Crippen molar-refractivity contribution in [1.29, 1.82) is 0 Å². The van der Waals surface area contributed by atoms with Gasteiger partial charge in [0.05, 0.1) is 11.9 Å². The molecule has 40 heavy (non-hydrogen) atoms. The predicted molar refractivity (Wildman–Crippen MR) is 157 cm³/mol. The molecule has 0 aromatic heterocycles. The Hall–Kier alpha value is -3.14. The Morgan fingerprint density at radius 3 is 2.23 bits per heavy atom. The molecule has 0 saturated heterocycles. The maximum Gasteiger partial charge on any atom is 0.244 e. The first kappa shape index (κ1) is 31.4. The molecule has 0 saturated carbocycles. The number of anilines is 1. The number of hydrogen-bond donors (Lipinski definition) is 1. The van der Waals surface area contributed by atoms with E-state index in [-0.39, 0.29) is 23.7 Å². The molecule has 11 heteroatoms. The minimum absolute atomic E-state index is 0.0147. The third kappa shape index (κ3) is 8.94. The van der Waals surface area contributed by atoms with Crippen LogP contribution in [0.2, 0.25) is 10.0 Å². The molecule has 0 heterocycles. The largest absolute Gasteiger partial charge is 0.350 e. The lowest BCUT2D eigenvalue weighted by Gasteiger charge is -2.35. The number of nitrogens with zero attached hydrogens (tertiary/aromatic N) is 2. The number of hydrogen-bond acceptors (Lipinski definition) is 4. The van der Waals surface area contributed by atoms with Gasteiger partial charge in [-0.15, -0.1) is 0 Å². The highest BCUT2D eigenvalue weighted by atomic mass is 35.5. The van der Waals surface area contributed by atoms with Crippen LogP contribution in [0.25, 0.3) is 0 Å². The summed E-state index contributed by atoms with van der Waals surface area (Å²) in [6, 6.07) is 17.9. The Bertz CT molecular complexity index is 1460. The lowest BCUT2D eigenvalue weighted by molar-refractivity contribution is -0.140. The molecule has 0 fully saturated rings. The molecule has 3 aromatic carbocycles. The zero-order chi connectivity index (χ0) is 29.7. The van der Waals surface area contributed by atoms with Crippen LogP contribution in [-0.2, 0) is 32.6 Å². The van der Waals surface area contributed by atoms with Crippen LogP contribution >= 0.6 is 23.2 Å². The van der Waals surface area contributed by atoms with E-state index in [1.54, 1.807) is 12.1 Å². The molecule has 2 amide bonds. The summed E-state index contributed by atoms with van der Waals surface area (Å²) < 4.78 is 40.3. The van der Waals surface area contributed by atoms with Gasteiger partial charge in [0.2, 0.25) is 21.8 Å². The Labute approximate surface area is 244 Å². The molecule has 0 aliphatic heterocycles. The molecule has 1 atom stereocenters. The van der Waals surface area contributed by atoms with Gasteiger partial charge in [-0.2, -0.15) is 0 Å². The summed E-state index contributed by atoms with van der Waals surface area (Å²) in [6.45, 7) is 4.69. The Morgan fingerprint density at radius 1 is 0.975 bits per heavy atom. The fraction of sp³-hybridized carbons (Fsp3) is 0.310. The zero-order valence-corrected chi connectivity index (χ0v) is 25.0. The maximum absolute atomic E-state index is 14.0. The van der Waals surface area contributed by atoms with Crippen LogP contribution in [0, 0.1) is 5.82 Å². The van der Waals surface area contributed by atoms with Crippen molar-refractivity contribution in [3.8, 4) is 0 Å². The quantitative estimate of drug-likeness (QED) is 0.332. The van der Waals surface area contributed by atoms with Gasteiger partial charge in [0.25, 0.3) is 0 Å². The van der Waals surface area contributed by atoms with Crippen LogP contribution in [0.3, 0.4) is 0 Å². The molecule has 0 spiro atoms. The summed E-state index contributed by atoms with van der Waals surface area (Å²) in [4.78, 5) is 29.0. The highest BCUT2D eigenvalue weighted by Crippen LogP contribution is 2.25. The van der Waals surface area contributed by atoms with Gasteiger partial charge in [-0.25, -0.2) is 12.8 Å². The van der Waals surface area contributed by atoms with E-state index in [0.29, 0.717) is 10.6 Å². The number of carbonyl (C=O) groups is 2. The van der Waals surface area contributed by atoms with Crippen LogP contribution in [0.4, 0.5) is 10.1 Å². The number of sulfonamides is 1. The van der Waals surface area contributed by atoms with Gasteiger partial charge in [-0.05, 0) is 62.2 Å². The van der Waals surface area contributed by atoms with E-state index in [1.165, 1.54) is 29.2 Å². The van der Waals surface area contributed by atoms with Crippen LogP contribution in [0.5, 0.6) is 0 Å². The van der Waals surface area contributed by atoms with Crippen molar-refractivity contribution in [2.24, 2.45) is 0 Å². The Balaban J connectivity index is 2.10. The first-order valence-corrected chi connectivity index (χ1v) is 15.1. The molecular weight excluding hydrogens is 576 g/mol. The van der Waals surface area contributed by atoms with E-state index in [0.717, 1.165) is 22.2 Å². The molecule has 214 valence electrons. The minimum Gasteiger partial charge on any atom is -0.350 e. The normalized spacial score (nSPS) is 12.5. The molecule has 0 radical (unpaired) electrons. The summed E-state index contributed by atoms with van der Waals surface area (Å²) in [5.41, 5.74) is 0.678. The van der Waals surface area contributed by atoms with Crippen molar-refractivity contribution in [2.45, 2.75) is 45.3 Å². The third-order valence-electron chi connectivity index (χ3n) is 5.90. The zero-order valence-electron chi connectivity index (χ0n) is 22.7. The average Bonchev–Trinajstić information content (AvgIpc) is 2.84. The molecule has 0 aliphatic carbocycles. The summed E-state index contributed by atoms with van der Waals surface area (Å²) in [7, 11) is -4.01. The van der Waals surface area contributed by atoms with Crippen molar-refractivity contribution in [3.05, 3.63) is 99.8 Å². The number of rotatable bonds is 10. The first-order valence-electron chi connectivity index (χ1n) is 12.5. The number of carbonyl (C=O) groups excluding carboxylic acids is 2. The topological polar surface area (TPSA) is 86.8 Å². The summed E-state index contributed by atoms with van der Waals surface area (Å²) >= 11 is 12.5. The average molecular weight is 609 g/mol. The smallest absolute Gasteiger partial charge is 0.244 e. The molecule has 0 aliphatic rings.